The van der Waals surface area contributed by atoms with Crippen LogP contribution in [0.1, 0.15) is 34.9 Å². The largest absolute Gasteiger partial charge is 0.379 e. The fourth-order valence-corrected chi connectivity index (χ4v) is 4.38. The lowest BCUT2D eigenvalue weighted by Gasteiger charge is -2.33. The zero-order valence-corrected chi connectivity index (χ0v) is 14.3. The molecule has 3 heterocycles. The van der Waals surface area contributed by atoms with Crippen LogP contribution in [-0.2, 0) is 11.2 Å². The summed E-state index contributed by atoms with van der Waals surface area (Å²) < 4.78 is 5.44. The Morgan fingerprint density at radius 1 is 1.41 bits per heavy atom. The highest BCUT2D eigenvalue weighted by Crippen LogP contribution is 2.25. The van der Waals surface area contributed by atoms with Gasteiger partial charge in [-0.05, 0) is 18.8 Å². The Morgan fingerprint density at radius 2 is 2.18 bits per heavy atom. The maximum absolute atomic E-state index is 12.7. The van der Waals surface area contributed by atoms with E-state index >= 15 is 0 Å². The van der Waals surface area contributed by atoms with Crippen LogP contribution < -0.4 is 0 Å². The minimum absolute atomic E-state index is 0.155. The van der Waals surface area contributed by atoms with Crippen LogP contribution in [0.3, 0.4) is 0 Å². The number of nitrogens with zero attached hydrogens (tertiary/aromatic N) is 3. The van der Waals surface area contributed by atoms with Crippen molar-refractivity contribution < 1.29 is 9.53 Å². The van der Waals surface area contributed by atoms with E-state index in [2.05, 4.69) is 23.7 Å². The normalized spacial score (nSPS) is 26.5. The number of carbonyl (C=O) groups excluding carboxylic acids is 1. The highest BCUT2D eigenvalue weighted by molar-refractivity contribution is 7.13. The van der Waals surface area contributed by atoms with Crippen LogP contribution in [0.15, 0.2) is 6.20 Å². The summed E-state index contributed by atoms with van der Waals surface area (Å²) in [5, 5.41) is 1.07. The number of aryl methyl sites for hydroxylation is 1. The molecule has 1 aromatic rings. The van der Waals surface area contributed by atoms with Crippen molar-refractivity contribution in [2.45, 2.75) is 32.7 Å². The molecule has 0 bridgehead atoms. The first-order chi connectivity index (χ1) is 10.7. The third kappa shape index (κ3) is 3.34. The van der Waals surface area contributed by atoms with Crippen molar-refractivity contribution in [2.75, 3.05) is 39.4 Å². The maximum atomic E-state index is 12.7. The van der Waals surface area contributed by atoms with Gasteiger partial charge in [0.1, 0.15) is 4.88 Å². The van der Waals surface area contributed by atoms with E-state index in [-0.39, 0.29) is 5.91 Å². The van der Waals surface area contributed by atoms with E-state index in [9.17, 15) is 4.79 Å². The van der Waals surface area contributed by atoms with Gasteiger partial charge in [-0.1, -0.05) is 13.8 Å². The highest BCUT2D eigenvalue weighted by Gasteiger charge is 2.37. The number of likely N-dealkylation sites (tertiary alicyclic amines) is 1. The Balaban J connectivity index is 1.63. The lowest BCUT2D eigenvalue weighted by atomic mass is 10.0. The van der Waals surface area contributed by atoms with Crippen molar-refractivity contribution in [2.24, 2.45) is 5.92 Å². The number of ether oxygens (including phenoxy) is 1. The van der Waals surface area contributed by atoms with Gasteiger partial charge in [0.2, 0.25) is 0 Å². The zero-order valence-electron chi connectivity index (χ0n) is 13.5. The molecule has 0 N–H and O–H groups in total. The molecule has 3 rings (SSSR count). The van der Waals surface area contributed by atoms with Crippen molar-refractivity contribution in [3.8, 4) is 0 Å². The molecule has 6 heteroatoms. The van der Waals surface area contributed by atoms with E-state index in [4.69, 9.17) is 4.74 Å². The molecule has 2 atom stereocenters. The third-order valence-electron chi connectivity index (χ3n) is 4.60. The standard InChI is InChI=1S/C16H25N3O2S/c1-3-4-15-17-9-14(22-15)16(20)19-10-12(2)13(11-19)18-5-7-21-8-6-18/h9,12-13H,3-8,10-11H2,1-2H3/t12-,13+/m1/s1. The summed E-state index contributed by atoms with van der Waals surface area (Å²) in [5.74, 6) is 0.674. The molecular formula is C16H25N3O2S. The molecule has 0 saturated carbocycles. The molecule has 2 aliphatic rings. The average molecular weight is 323 g/mol. The first-order valence-corrected chi connectivity index (χ1v) is 9.06. The quantitative estimate of drug-likeness (QED) is 0.849. The fourth-order valence-electron chi connectivity index (χ4n) is 3.39. The second-order valence-electron chi connectivity index (χ2n) is 6.27. The van der Waals surface area contributed by atoms with Crippen molar-refractivity contribution in [1.29, 1.82) is 0 Å². The topological polar surface area (TPSA) is 45.7 Å². The summed E-state index contributed by atoms with van der Waals surface area (Å²) in [5.41, 5.74) is 0. The van der Waals surface area contributed by atoms with E-state index in [0.717, 1.165) is 62.1 Å². The first-order valence-electron chi connectivity index (χ1n) is 8.24. The van der Waals surface area contributed by atoms with Crippen LogP contribution in [0, 0.1) is 5.92 Å². The van der Waals surface area contributed by atoms with E-state index in [1.54, 1.807) is 17.5 Å². The van der Waals surface area contributed by atoms with Crippen molar-refractivity contribution >= 4 is 17.2 Å². The van der Waals surface area contributed by atoms with Crippen molar-refractivity contribution in [3.05, 3.63) is 16.1 Å². The van der Waals surface area contributed by atoms with Gasteiger partial charge in [0.25, 0.3) is 5.91 Å². The molecule has 122 valence electrons. The van der Waals surface area contributed by atoms with Crippen LogP contribution in [0.4, 0.5) is 0 Å². The van der Waals surface area contributed by atoms with Gasteiger partial charge in [-0.25, -0.2) is 4.98 Å². The van der Waals surface area contributed by atoms with Gasteiger partial charge in [-0.2, -0.15) is 0 Å². The number of hydrogen-bond donors (Lipinski definition) is 0. The molecule has 0 spiro atoms. The van der Waals surface area contributed by atoms with E-state index in [1.165, 1.54) is 0 Å². The number of morpholine rings is 1. The number of aromatic nitrogens is 1. The molecule has 0 radical (unpaired) electrons. The fraction of sp³-hybridized carbons (Fsp3) is 0.750. The molecule has 22 heavy (non-hydrogen) atoms. The number of hydrogen-bond acceptors (Lipinski definition) is 5. The Kier molecular flexibility index (Phi) is 5.10. The van der Waals surface area contributed by atoms with Gasteiger partial charge in [0, 0.05) is 32.2 Å². The van der Waals surface area contributed by atoms with Gasteiger partial charge in [0.05, 0.1) is 24.4 Å². The number of thiazole rings is 1. The lowest BCUT2D eigenvalue weighted by molar-refractivity contribution is 0.0119. The monoisotopic (exact) mass is 323 g/mol. The Labute approximate surface area is 136 Å². The summed E-state index contributed by atoms with van der Waals surface area (Å²) in [4.78, 5) is 22.3. The van der Waals surface area contributed by atoms with Crippen LogP contribution in [-0.4, -0.2) is 66.1 Å². The van der Waals surface area contributed by atoms with Gasteiger partial charge in [0.15, 0.2) is 0 Å². The SMILES string of the molecule is CCCc1ncc(C(=O)N2C[C@@H](C)[C@@H](N3CCOCC3)C2)s1. The van der Waals surface area contributed by atoms with Gasteiger partial charge >= 0.3 is 0 Å². The minimum atomic E-state index is 0.155. The maximum Gasteiger partial charge on any atom is 0.265 e. The van der Waals surface area contributed by atoms with Crippen LogP contribution in [0.2, 0.25) is 0 Å². The molecule has 1 aromatic heterocycles. The molecule has 5 nitrogen and oxygen atoms in total. The second kappa shape index (κ2) is 7.06. The molecular weight excluding hydrogens is 298 g/mol. The second-order valence-corrected chi connectivity index (χ2v) is 7.39. The molecule has 2 fully saturated rings. The Hall–Kier alpha value is -0.980. The molecule has 0 unspecified atom stereocenters. The van der Waals surface area contributed by atoms with Gasteiger partial charge in [-0.15, -0.1) is 11.3 Å². The van der Waals surface area contributed by atoms with E-state index in [0.29, 0.717) is 12.0 Å². The van der Waals surface area contributed by atoms with Crippen LogP contribution in [0.5, 0.6) is 0 Å². The predicted octanol–water partition coefficient (Wildman–Crippen LogP) is 1.89. The summed E-state index contributed by atoms with van der Waals surface area (Å²) in [6.07, 6.45) is 3.79. The van der Waals surface area contributed by atoms with Crippen molar-refractivity contribution in [1.82, 2.24) is 14.8 Å². The Bertz CT molecular complexity index is 513. The van der Waals surface area contributed by atoms with Gasteiger partial charge < -0.3 is 9.64 Å². The molecule has 2 aliphatic heterocycles. The smallest absolute Gasteiger partial charge is 0.265 e. The predicted molar refractivity (Wildman–Crippen MR) is 87.4 cm³/mol. The van der Waals surface area contributed by atoms with Crippen LogP contribution >= 0.6 is 11.3 Å². The number of rotatable bonds is 4. The minimum Gasteiger partial charge on any atom is -0.379 e. The zero-order chi connectivity index (χ0) is 15.5. The summed E-state index contributed by atoms with van der Waals surface area (Å²) in [6, 6.07) is 0.468. The summed E-state index contributed by atoms with van der Waals surface area (Å²) in [6.45, 7) is 9.67. The molecule has 1 amide bonds. The summed E-state index contributed by atoms with van der Waals surface area (Å²) in [7, 11) is 0. The van der Waals surface area contributed by atoms with E-state index < -0.39 is 0 Å². The average Bonchev–Trinajstić information content (AvgIpc) is 3.15. The van der Waals surface area contributed by atoms with Crippen LogP contribution in [0.25, 0.3) is 0 Å². The van der Waals surface area contributed by atoms with Gasteiger partial charge in [-0.3, -0.25) is 9.69 Å². The number of carbonyl (C=O) groups is 1. The molecule has 0 aliphatic carbocycles. The highest BCUT2D eigenvalue weighted by atomic mass is 32.1. The lowest BCUT2D eigenvalue weighted by Crippen LogP contribution is -2.47. The first kappa shape index (κ1) is 15.9. The third-order valence-corrected chi connectivity index (χ3v) is 5.65. The van der Waals surface area contributed by atoms with Crippen molar-refractivity contribution in [3.63, 3.8) is 0 Å². The number of amides is 1. The summed E-state index contributed by atoms with van der Waals surface area (Å²) >= 11 is 1.55. The Morgan fingerprint density at radius 3 is 2.91 bits per heavy atom. The van der Waals surface area contributed by atoms with E-state index in [1.807, 2.05) is 4.90 Å². The molecule has 2 saturated heterocycles. The molecule has 0 aromatic carbocycles.